The maximum absolute atomic E-state index is 12.2. The molecular formula is C14H28F3IN4O. The molecule has 9 heteroatoms. The zero-order valence-corrected chi connectivity index (χ0v) is 16.5. The van der Waals surface area contributed by atoms with Crippen LogP contribution in [0.4, 0.5) is 13.2 Å². The fourth-order valence-electron chi connectivity index (χ4n) is 1.78. The van der Waals surface area contributed by atoms with Crippen molar-refractivity contribution in [2.24, 2.45) is 10.9 Å². The number of likely N-dealkylation sites (N-methyl/N-ethyl adjacent to an activating group) is 1. The lowest BCUT2D eigenvalue weighted by Gasteiger charge is -2.19. The van der Waals surface area contributed by atoms with Gasteiger partial charge < -0.3 is 15.5 Å². The highest BCUT2D eigenvalue weighted by atomic mass is 127. The van der Waals surface area contributed by atoms with Crippen LogP contribution in [0.15, 0.2) is 4.99 Å². The van der Waals surface area contributed by atoms with Gasteiger partial charge in [-0.3, -0.25) is 4.79 Å². The van der Waals surface area contributed by atoms with Crippen molar-refractivity contribution in [3.05, 3.63) is 0 Å². The molecule has 0 radical (unpaired) electrons. The van der Waals surface area contributed by atoms with E-state index >= 15 is 0 Å². The average Bonchev–Trinajstić information content (AvgIpc) is 2.43. The highest BCUT2D eigenvalue weighted by molar-refractivity contribution is 14.0. The minimum atomic E-state index is -4.40. The van der Waals surface area contributed by atoms with Gasteiger partial charge in [0.05, 0.1) is 0 Å². The first kappa shape index (κ1) is 24.5. The molecular weight excluding hydrogens is 424 g/mol. The van der Waals surface area contributed by atoms with E-state index in [1.807, 2.05) is 6.92 Å². The molecule has 1 amide bonds. The predicted molar refractivity (Wildman–Crippen MR) is 97.2 cm³/mol. The smallest absolute Gasteiger partial charge is 0.357 e. The summed E-state index contributed by atoms with van der Waals surface area (Å²) in [5, 5.41) is 6.09. The number of aliphatic imine (C=N–C) groups is 1. The summed E-state index contributed by atoms with van der Waals surface area (Å²) in [7, 11) is 1.12. The van der Waals surface area contributed by atoms with Gasteiger partial charge in [-0.1, -0.05) is 26.7 Å². The molecule has 0 atom stereocenters. The van der Waals surface area contributed by atoms with Crippen LogP contribution in [0.5, 0.6) is 0 Å². The van der Waals surface area contributed by atoms with Crippen LogP contribution in [0.1, 0.15) is 33.6 Å². The van der Waals surface area contributed by atoms with E-state index in [-0.39, 0.29) is 30.5 Å². The first-order valence-electron chi connectivity index (χ1n) is 7.56. The van der Waals surface area contributed by atoms with Gasteiger partial charge in [0, 0.05) is 20.1 Å². The van der Waals surface area contributed by atoms with Crippen molar-refractivity contribution in [2.45, 2.75) is 39.8 Å². The van der Waals surface area contributed by atoms with Crippen molar-refractivity contribution >= 4 is 35.8 Å². The van der Waals surface area contributed by atoms with Gasteiger partial charge in [0.15, 0.2) is 5.96 Å². The molecule has 0 spiro atoms. The lowest BCUT2D eigenvalue weighted by molar-refractivity contribution is -0.157. The number of guanidine groups is 1. The largest absolute Gasteiger partial charge is 0.406 e. The number of nitrogens with zero attached hydrogens (tertiary/aromatic N) is 2. The van der Waals surface area contributed by atoms with Crippen LogP contribution < -0.4 is 10.6 Å². The van der Waals surface area contributed by atoms with Gasteiger partial charge in [-0.2, -0.15) is 13.2 Å². The molecule has 0 aromatic heterocycles. The fourth-order valence-corrected chi connectivity index (χ4v) is 1.78. The van der Waals surface area contributed by atoms with Crippen molar-refractivity contribution in [3.63, 3.8) is 0 Å². The van der Waals surface area contributed by atoms with Gasteiger partial charge in [-0.25, -0.2) is 4.99 Å². The molecule has 0 saturated carbocycles. The molecule has 0 rings (SSSR count). The second-order valence-corrected chi connectivity index (χ2v) is 5.12. The summed E-state index contributed by atoms with van der Waals surface area (Å²) in [6.45, 7) is 5.81. The quantitative estimate of drug-likeness (QED) is 0.338. The lowest BCUT2D eigenvalue weighted by Crippen LogP contribution is -2.41. The summed E-state index contributed by atoms with van der Waals surface area (Å²) in [4.78, 5) is 16.3. The predicted octanol–water partition coefficient (Wildman–Crippen LogP) is 2.62. The fraction of sp³-hybridized carbons (Fsp3) is 0.857. The standard InChI is InChI=1S/C14H27F3N4O.HI/c1-5-11(6-2)8-19-13(18-7-3)20-9-12(22)21(4)10-14(15,16)17;/h11H,5-10H2,1-4H3,(H2,18,19,20);1H. The van der Waals surface area contributed by atoms with Gasteiger partial charge >= 0.3 is 6.18 Å². The Bertz CT molecular complexity index is 360. The van der Waals surface area contributed by atoms with Gasteiger partial charge in [0.1, 0.15) is 13.1 Å². The van der Waals surface area contributed by atoms with E-state index in [0.29, 0.717) is 29.9 Å². The SMILES string of the molecule is CCNC(=NCC(=O)N(C)CC(F)(F)F)NCC(CC)CC.I. The van der Waals surface area contributed by atoms with Crippen molar-refractivity contribution in [2.75, 3.05) is 33.2 Å². The average molecular weight is 452 g/mol. The van der Waals surface area contributed by atoms with E-state index in [1.165, 1.54) is 0 Å². The van der Waals surface area contributed by atoms with Gasteiger partial charge in [-0.15, -0.1) is 24.0 Å². The Hall–Kier alpha value is -0.740. The Morgan fingerprint density at radius 2 is 1.74 bits per heavy atom. The zero-order valence-electron chi connectivity index (χ0n) is 14.2. The molecule has 0 heterocycles. The summed E-state index contributed by atoms with van der Waals surface area (Å²) in [5.74, 6) is 0.271. The molecule has 0 saturated heterocycles. The van der Waals surface area contributed by atoms with Gasteiger partial charge in [0.2, 0.25) is 5.91 Å². The molecule has 0 aliphatic heterocycles. The third-order valence-corrected chi connectivity index (χ3v) is 3.27. The summed E-state index contributed by atoms with van der Waals surface area (Å²) in [5.41, 5.74) is 0. The first-order chi connectivity index (χ1) is 10.2. The molecule has 0 aliphatic carbocycles. The maximum Gasteiger partial charge on any atom is 0.406 e. The number of carbonyl (C=O) groups is 1. The van der Waals surface area contributed by atoms with E-state index in [2.05, 4.69) is 29.5 Å². The molecule has 0 aromatic carbocycles. The Labute approximate surface area is 153 Å². The van der Waals surface area contributed by atoms with Gasteiger partial charge in [0.25, 0.3) is 0 Å². The molecule has 2 N–H and O–H groups in total. The van der Waals surface area contributed by atoms with E-state index in [0.717, 1.165) is 19.9 Å². The summed E-state index contributed by atoms with van der Waals surface area (Å²) < 4.78 is 36.7. The highest BCUT2D eigenvalue weighted by Crippen LogP contribution is 2.15. The molecule has 5 nitrogen and oxygen atoms in total. The number of carbonyl (C=O) groups excluding carboxylic acids is 1. The van der Waals surface area contributed by atoms with E-state index in [9.17, 15) is 18.0 Å². The number of halogens is 4. The summed E-state index contributed by atoms with van der Waals surface area (Å²) >= 11 is 0. The van der Waals surface area contributed by atoms with Crippen LogP contribution in [0.25, 0.3) is 0 Å². The Balaban J connectivity index is 0. The molecule has 0 fully saturated rings. The summed E-state index contributed by atoms with van der Waals surface area (Å²) in [6.07, 6.45) is -2.35. The molecule has 0 aromatic rings. The van der Waals surface area contributed by atoms with E-state index in [4.69, 9.17) is 0 Å². The van der Waals surface area contributed by atoms with Crippen LogP contribution in [0.2, 0.25) is 0 Å². The number of rotatable bonds is 8. The molecule has 138 valence electrons. The second-order valence-electron chi connectivity index (χ2n) is 5.12. The summed E-state index contributed by atoms with van der Waals surface area (Å²) in [6, 6.07) is 0. The van der Waals surface area contributed by atoms with Crippen molar-refractivity contribution in [1.29, 1.82) is 0 Å². The lowest BCUT2D eigenvalue weighted by atomic mass is 10.0. The number of hydrogen-bond donors (Lipinski definition) is 2. The van der Waals surface area contributed by atoms with Crippen LogP contribution in [-0.2, 0) is 4.79 Å². The number of nitrogens with one attached hydrogen (secondary N) is 2. The molecule has 0 bridgehead atoms. The minimum Gasteiger partial charge on any atom is -0.357 e. The van der Waals surface area contributed by atoms with Crippen molar-refractivity contribution in [3.8, 4) is 0 Å². The normalized spacial score (nSPS) is 11.9. The Morgan fingerprint density at radius 3 is 2.17 bits per heavy atom. The second kappa shape index (κ2) is 12.7. The third-order valence-electron chi connectivity index (χ3n) is 3.27. The zero-order chi connectivity index (χ0) is 17.2. The van der Waals surface area contributed by atoms with Crippen LogP contribution >= 0.6 is 24.0 Å². The van der Waals surface area contributed by atoms with Crippen molar-refractivity contribution in [1.82, 2.24) is 15.5 Å². The van der Waals surface area contributed by atoms with E-state index < -0.39 is 18.6 Å². The third kappa shape index (κ3) is 12.4. The Kier molecular flexibility index (Phi) is 13.5. The molecule has 0 unspecified atom stereocenters. The number of amides is 1. The first-order valence-corrected chi connectivity index (χ1v) is 7.56. The van der Waals surface area contributed by atoms with Crippen LogP contribution in [0.3, 0.4) is 0 Å². The molecule has 0 aliphatic rings. The van der Waals surface area contributed by atoms with Crippen LogP contribution in [-0.4, -0.2) is 56.2 Å². The minimum absolute atomic E-state index is 0. The number of alkyl halides is 3. The van der Waals surface area contributed by atoms with Crippen LogP contribution in [0, 0.1) is 5.92 Å². The highest BCUT2D eigenvalue weighted by Gasteiger charge is 2.30. The maximum atomic E-state index is 12.2. The van der Waals surface area contributed by atoms with E-state index in [1.54, 1.807) is 0 Å². The Morgan fingerprint density at radius 1 is 1.17 bits per heavy atom. The van der Waals surface area contributed by atoms with Gasteiger partial charge in [-0.05, 0) is 12.8 Å². The number of hydrogen-bond acceptors (Lipinski definition) is 2. The monoisotopic (exact) mass is 452 g/mol. The van der Waals surface area contributed by atoms with Crippen molar-refractivity contribution < 1.29 is 18.0 Å². The topological polar surface area (TPSA) is 56.7 Å². The molecule has 23 heavy (non-hydrogen) atoms.